The smallest absolute Gasteiger partial charge is 0.252 e. The summed E-state index contributed by atoms with van der Waals surface area (Å²) in [5.74, 6) is 0. The largest absolute Gasteiger partial charge is 0.310 e. The monoisotopic (exact) mass is 1240 g/mol. The lowest BCUT2D eigenvalue weighted by molar-refractivity contribution is 0.590. The Morgan fingerprint density at radius 2 is 0.474 bits per heavy atom. The zero-order chi connectivity index (χ0) is 65.0. The molecule has 2 aliphatic heterocycles. The zero-order valence-electron chi connectivity index (χ0n) is 54.6. The maximum Gasteiger partial charge on any atom is 0.252 e. The third-order valence-corrected chi connectivity index (χ3v) is 19.8. The van der Waals surface area contributed by atoms with Crippen molar-refractivity contribution in [2.45, 2.75) is 26.2 Å². The fraction of sp³-hybridized carbons (Fsp3) is 0.0426. The van der Waals surface area contributed by atoms with Gasteiger partial charge in [-0.25, -0.2) is 0 Å². The summed E-state index contributed by atoms with van der Waals surface area (Å²) >= 11 is 0. The minimum atomic E-state index is -0.332. The molecule has 0 N–H and O–H groups in total. The predicted molar refractivity (Wildman–Crippen MR) is 414 cm³/mol. The highest BCUT2D eigenvalue weighted by Gasteiger charge is 2.47. The van der Waals surface area contributed by atoms with Crippen LogP contribution in [0, 0.1) is 0 Å². The molecule has 0 atom stereocenters. The molecule has 0 amide bonds. The van der Waals surface area contributed by atoms with E-state index in [0.717, 1.165) is 123 Å². The molecule has 0 radical (unpaired) electrons. The molecule has 0 aliphatic carbocycles. The molecule has 0 spiro atoms. The van der Waals surface area contributed by atoms with Gasteiger partial charge in [-0.2, -0.15) is 0 Å². The summed E-state index contributed by atoms with van der Waals surface area (Å²) in [7, 11) is 0. The summed E-state index contributed by atoms with van der Waals surface area (Å²) in [6.45, 7) is 6.91. The van der Waals surface area contributed by atoms with Crippen LogP contribution < -0.4 is 26.2 Å². The molecule has 17 rings (SSSR count). The Labute approximate surface area is 570 Å². The number of rotatable bonds is 12. The molecule has 458 valence electrons. The molecule has 0 saturated heterocycles. The van der Waals surface area contributed by atoms with E-state index in [2.05, 4.69) is 395 Å². The third kappa shape index (κ3) is 10.5. The van der Waals surface area contributed by atoms with Gasteiger partial charge in [0.2, 0.25) is 0 Å². The lowest BCUT2D eigenvalue weighted by atomic mass is 9.33. The highest BCUT2D eigenvalue weighted by molar-refractivity contribution is 7.00. The quantitative estimate of drug-likeness (QED) is 0.113. The maximum absolute atomic E-state index is 2.72. The van der Waals surface area contributed by atoms with E-state index < -0.39 is 0 Å². The first-order valence-corrected chi connectivity index (χ1v) is 33.8. The summed E-state index contributed by atoms with van der Waals surface area (Å²) in [4.78, 5) is 5.43. The minimum absolute atomic E-state index is 0.251. The second-order valence-corrected chi connectivity index (χ2v) is 26.6. The van der Waals surface area contributed by atoms with E-state index in [1.807, 2.05) is 0 Å². The van der Waals surface area contributed by atoms with Crippen LogP contribution in [0.15, 0.2) is 364 Å². The van der Waals surface area contributed by atoms with Crippen molar-refractivity contribution >= 4 is 57.2 Å². The number of hydrogen-bond acceptors (Lipinski definition) is 2. The van der Waals surface area contributed by atoms with Gasteiger partial charge in [-0.15, -0.1) is 0 Å². The van der Waals surface area contributed by atoms with Gasteiger partial charge in [-0.05, 0) is 153 Å². The molecule has 0 bridgehead atoms. The van der Waals surface area contributed by atoms with Crippen LogP contribution >= 0.6 is 0 Å². The van der Waals surface area contributed by atoms with Crippen LogP contribution in [0.3, 0.4) is 0 Å². The Kier molecular flexibility index (Phi) is 15.0. The molecule has 0 unspecified atom stereocenters. The van der Waals surface area contributed by atoms with E-state index in [4.69, 9.17) is 0 Å². The SMILES string of the molecule is CC(C)(C)c1cc2c3c(c1)N(c1c(-c4ccccc4)cc(-c4ccccc4)c(-c4ccccc4)c1-c1ccccc1)c1ccc(-c4ccccc4)cc1B3c1cc(-c3ccccc3)ccc1N2c1c(-c2ccccc2)cc(-c2ccccc2)c(-c2ccccc2)c1-c1ccccc1. The summed E-state index contributed by atoms with van der Waals surface area (Å²) in [6.07, 6.45) is 0. The van der Waals surface area contributed by atoms with Crippen molar-refractivity contribution in [3.8, 4) is 111 Å². The molecule has 2 nitrogen and oxygen atoms in total. The number of benzene rings is 15. The van der Waals surface area contributed by atoms with Crippen molar-refractivity contribution in [1.29, 1.82) is 0 Å². The highest BCUT2D eigenvalue weighted by atomic mass is 15.2. The molecule has 15 aromatic carbocycles. The van der Waals surface area contributed by atoms with Crippen LogP contribution in [0.2, 0.25) is 0 Å². The van der Waals surface area contributed by atoms with Crippen LogP contribution in [0.4, 0.5) is 34.1 Å². The van der Waals surface area contributed by atoms with Gasteiger partial charge in [0.05, 0.1) is 11.4 Å². The van der Waals surface area contributed by atoms with Crippen molar-refractivity contribution < 1.29 is 0 Å². The van der Waals surface area contributed by atoms with Gasteiger partial charge in [0.1, 0.15) is 0 Å². The number of fused-ring (bicyclic) bond motifs is 4. The van der Waals surface area contributed by atoms with Gasteiger partial charge in [0.15, 0.2) is 0 Å². The van der Waals surface area contributed by atoms with Crippen molar-refractivity contribution in [1.82, 2.24) is 0 Å². The summed E-state index contributed by atoms with van der Waals surface area (Å²) in [5.41, 5.74) is 34.4. The van der Waals surface area contributed by atoms with E-state index >= 15 is 0 Å². The Bertz CT molecular complexity index is 5040. The van der Waals surface area contributed by atoms with Crippen molar-refractivity contribution in [3.63, 3.8) is 0 Å². The predicted octanol–water partition coefficient (Wildman–Crippen LogP) is 23.7. The Hall–Kier alpha value is -12.0. The standard InChI is InChI=1S/C94H69BN2/c1-94(2,3)76-60-85-91-86(61-76)97(93-80(69-44-24-9-25-45-69)63-78(67-40-20-7-21-41-67)88(71-48-28-11-29-49-71)90(93)73-52-32-13-33-53-73)84-57-55-75(65-36-16-5-17-37-65)59-82(84)95(91)81-58-74(64-34-14-4-15-35-64)54-56-83(81)96(85)92-79(68-42-22-8-23-43-68)62-77(66-38-18-6-19-39-66)87(70-46-26-10-27-47-70)89(92)72-50-30-12-31-51-72/h4-63H,1-3H3. The van der Waals surface area contributed by atoms with E-state index in [1.54, 1.807) is 0 Å². The molecule has 0 saturated carbocycles. The molecule has 3 heteroatoms. The second kappa shape index (κ2) is 24.7. The van der Waals surface area contributed by atoms with Crippen LogP contribution in [0.5, 0.6) is 0 Å². The average molecular weight is 1240 g/mol. The summed E-state index contributed by atoms with van der Waals surface area (Å²) in [5, 5.41) is 0. The molecule has 0 fully saturated rings. The van der Waals surface area contributed by atoms with Gasteiger partial charge >= 0.3 is 0 Å². The van der Waals surface area contributed by atoms with Gasteiger partial charge in [0, 0.05) is 45.0 Å². The van der Waals surface area contributed by atoms with Gasteiger partial charge in [0.25, 0.3) is 6.71 Å². The number of nitrogens with zero attached hydrogens (tertiary/aromatic N) is 2. The van der Waals surface area contributed by atoms with Crippen LogP contribution in [-0.2, 0) is 5.41 Å². The van der Waals surface area contributed by atoms with Crippen LogP contribution in [0.25, 0.3) is 111 Å². The molecule has 2 aliphatic rings. The molecule has 0 aromatic heterocycles. The normalized spacial score (nSPS) is 12.2. The molecular weight excluding hydrogens is 1170 g/mol. The van der Waals surface area contributed by atoms with Gasteiger partial charge in [-0.3, -0.25) is 0 Å². The minimum Gasteiger partial charge on any atom is -0.310 e. The van der Waals surface area contributed by atoms with Crippen LogP contribution in [0.1, 0.15) is 26.3 Å². The first kappa shape index (κ1) is 58.8. The fourth-order valence-corrected chi connectivity index (χ4v) is 15.3. The second-order valence-electron chi connectivity index (χ2n) is 26.6. The van der Waals surface area contributed by atoms with Crippen LogP contribution in [-0.4, -0.2) is 6.71 Å². The summed E-state index contributed by atoms with van der Waals surface area (Å²) < 4.78 is 0. The molecule has 97 heavy (non-hydrogen) atoms. The lowest BCUT2D eigenvalue weighted by Gasteiger charge is -2.47. The van der Waals surface area contributed by atoms with E-state index in [9.17, 15) is 0 Å². The van der Waals surface area contributed by atoms with Crippen molar-refractivity contribution in [3.05, 3.63) is 370 Å². The highest BCUT2D eigenvalue weighted by Crippen LogP contribution is 2.59. The average Bonchev–Trinajstić information content (AvgIpc) is 0.686. The first-order valence-electron chi connectivity index (χ1n) is 33.8. The van der Waals surface area contributed by atoms with E-state index in [-0.39, 0.29) is 12.1 Å². The van der Waals surface area contributed by atoms with E-state index in [0.29, 0.717) is 0 Å². The van der Waals surface area contributed by atoms with Crippen molar-refractivity contribution in [2.24, 2.45) is 0 Å². The number of anilines is 6. The zero-order valence-corrected chi connectivity index (χ0v) is 54.6. The Balaban J connectivity index is 1.10. The topological polar surface area (TPSA) is 6.48 Å². The third-order valence-electron chi connectivity index (χ3n) is 19.8. The molecular formula is C94H69BN2. The van der Waals surface area contributed by atoms with Gasteiger partial charge < -0.3 is 9.80 Å². The van der Waals surface area contributed by atoms with Crippen molar-refractivity contribution in [2.75, 3.05) is 9.80 Å². The number of hydrogen-bond donors (Lipinski definition) is 0. The molecule has 2 heterocycles. The summed E-state index contributed by atoms with van der Waals surface area (Å²) in [6, 6.07) is 136. The Morgan fingerprint density at radius 1 is 0.216 bits per heavy atom. The fourth-order valence-electron chi connectivity index (χ4n) is 15.3. The first-order chi connectivity index (χ1) is 47.8. The maximum atomic E-state index is 2.72. The lowest BCUT2D eigenvalue weighted by Crippen LogP contribution is -2.61. The van der Waals surface area contributed by atoms with E-state index in [1.165, 1.54) is 44.2 Å². The molecule has 15 aromatic rings. The van der Waals surface area contributed by atoms with Gasteiger partial charge in [-0.1, -0.05) is 348 Å². The Morgan fingerprint density at radius 3 is 0.763 bits per heavy atom.